The maximum Gasteiger partial charge on any atom is 0.271 e. The lowest BCUT2D eigenvalue weighted by atomic mass is 10.2. The zero-order valence-corrected chi connectivity index (χ0v) is 18.7. The van der Waals surface area contributed by atoms with Crippen molar-refractivity contribution in [2.24, 2.45) is 0 Å². The van der Waals surface area contributed by atoms with Crippen molar-refractivity contribution >= 4 is 46.3 Å². The Labute approximate surface area is 191 Å². The second-order valence-corrected chi connectivity index (χ2v) is 8.44. The van der Waals surface area contributed by atoms with Crippen molar-refractivity contribution in [1.29, 1.82) is 0 Å². The van der Waals surface area contributed by atoms with E-state index in [-0.39, 0.29) is 29.8 Å². The van der Waals surface area contributed by atoms with Crippen LogP contribution in [-0.4, -0.2) is 37.3 Å². The lowest BCUT2D eigenvalue weighted by Gasteiger charge is -2.10. The average Bonchev–Trinajstić information content (AvgIpc) is 3.43. The number of allylic oxidation sites excluding steroid dienone is 1. The van der Waals surface area contributed by atoms with Crippen molar-refractivity contribution in [3.63, 3.8) is 0 Å². The normalized spacial score (nSPS) is 10.5. The van der Waals surface area contributed by atoms with E-state index in [1.165, 1.54) is 35.2 Å². The Kier molecular flexibility index (Phi) is 7.73. The molecule has 0 spiro atoms. The molecule has 3 aromatic rings. The summed E-state index contributed by atoms with van der Waals surface area (Å²) < 4.78 is 1.76. The first-order chi connectivity index (χ1) is 15.4. The molecule has 10 nitrogen and oxygen atoms in total. The Morgan fingerprint density at radius 2 is 2.16 bits per heavy atom. The molecule has 32 heavy (non-hydrogen) atoms. The van der Waals surface area contributed by atoms with Gasteiger partial charge in [0.1, 0.15) is 0 Å². The van der Waals surface area contributed by atoms with Crippen LogP contribution in [0, 0.1) is 17.0 Å². The Morgan fingerprint density at radius 3 is 2.84 bits per heavy atom. The Morgan fingerprint density at radius 1 is 1.34 bits per heavy atom. The molecule has 0 radical (unpaired) electrons. The molecule has 2 N–H and O–H groups in total. The molecule has 166 valence electrons. The summed E-state index contributed by atoms with van der Waals surface area (Å²) in [4.78, 5) is 35.6. The maximum atomic E-state index is 12.4. The number of nitro benzene ring substituents is 1. The molecule has 0 atom stereocenters. The van der Waals surface area contributed by atoms with Gasteiger partial charge in [-0.1, -0.05) is 30.0 Å². The molecule has 2 aromatic heterocycles. The van der Waals surface area contributed by atoms with Crippen LogP contribution in [0.1, 0.15) is 21.1 Å². The van der Waals surface area contributed by atoms with Gasteiger partial charge < -0.3 is 15.2 Å². The fraction of sp³-hybridized carbons (Fsp3) is 0.200. The minimum atomic E-state index is -0.514. The van der Waals surface area contributed by atoms with Gasteiger partial charge in [-0.15, -0.1) is 28.1 Å². The van der Waals surface area contributed by atoms with Crippen LogP contribution in [0.15, 0.2) is 53.5 Å². The number of nitrogens with zero attached hydrogens (tertiary/aromatic N) is 4. The van der Waals surface area contributed by atoms with Crippen molar-refractivity contribution in [1.82, 2.24) is 20.1 Å². The number of aromatic nitrogens is 3. The van der Waals surface area contributed by atoms with Crippen LogP contribution in [0.4, 0.5) is 11.4 Å². The molecule has 12 heteroatoms. The molecule has 1 aromatic carbocycles. The number of carbonyl (C=O) groups is 2. The minimum Gasteiger partial charge on any atom is -0.344 e. The van der Waals surface area contributed by atoms with Crippen molar-refractivity contribution in [3.05, 3.63) is 74.7 Å². The maximum absolute atomic E-state index is 12.4. The summed E-state index contributed by atoms with van der Waals surface area (Å²) >= 11 is 2.51. The molecule has 0 aliphatic rings. The SMILES string of the molecule is C=CCn1c(CNC(=O)c2cccs2)nnc1SCC(=O)Nc1cc([N+](=O)[O-])ccc1C. The molecular weight excluding hydrogens is 452 g/mol. The van der Waals surface area contributed by atoms with Crippen molar-refractivity contribution < 1.29 is 14.5 Å². The van der Waals surface area contributed by atoms with Crippen LogP contribution in [0.5, 0.6) is 0 Å². The highest BCUT2D eigenvalue weighted by Crippen LogP contribution is 2.23. The van der Waals surface area contributed by atoms with Crippen molar-refractivity contribution in [2.75, 3.05) is 11.1 Å². The van der Waals surface area contributed by atoms with Gasteiger partial charge in [-0.3, -0.25) is 19.7 Å². The first kappa shape index (κ1) is 23.2. The first-order valence-electron chi connectivity index (χ1n) is 9.41. The molecule has 0 bridgehead atoms. The number of benzene rings is 1. The van der Waals surface area contributed by atoms with Gasteiger partial charge in [-0.2, -0.15) is 0 Å². The Hall–Kier alpha value is -3.51. The van der Waals surface area contributed by atoms with E-state index in [9.17, 15) is 19.7 Å². The van der Waals surface area contributed by atoms with Gasteiger partial charge in [-0.25, -0.2) is 0 Å². The van der Waals surface area contributed by atoms with Crippen LogP contribution >= 0.6 is 23.1 Å². The third-order valence-corrected chi connectivity index (χ3v) is 6.13. The number of nitrogens with one attached hydrogen (secondary N) is 2. The molecule has 2 heterocycles. The van der Waals surface area contributed by atoms with Gasteiger partial charge in [0, 0.05) is 18.7 Å². The standard InChI is InChI=1S/C20H20N6O4S2/c1-3-8-25-17(11-21-19(28)16-5-4-9-31-16)23-24-20(25)32-12-18(27)22-15-10-14(26(29)30)7-6-13(15)2/h3-7,9-10H,1,8,11-12H2,2H3,(H,21,28)(H,22,27). The van der Waals surface area contributed by atoms with E-state index in [4.69, 9.17) is 0 Å². The molecule has 0 saturated carbocycles. The number of thiophene rings is 1. The molecule has 0 aliphatic heterocycles. The zero-order valence-electron chi connectivity index (χ0n) is 17.1. The number of nitro groups is 1. The van der Waals surface area contributed by atoms with Crippen LogP contribution in [0.3, 0.4) is 0 Å². The summed E-state index contributed by atoms with van der Waals surface area (Å²) in [7, 11) is 0. The summed E-state index contributed by atoms with van der Waals surface area (Å²) in [5.74, 6) is 0.0273. The van der Waals surface area contributed by atoms with Gasteiger partial charge in [0.05, 0.1) is 27.8 Å². The number of aryl methyl sites for hydroxylation is 1. The van der Waals surface area contributed by atoms with Gasteiger partial charge in [-0.05, 0) is 23.9 Å². The number of rotatable bonds is 10. The fourth-order valence-corrected chi connectivity index (χ4v) is 4.10. The second kappa shape index (κ2) is 10.7. The highest BCUT2D eigenvalue weighted by molar-refractivity contribution is 7.99. The summed E-state index contributed by atoms with van der Waals surface area (Å²) in [6, 6.07) is 7.83. The largest absolute Gasteiger partial charge is 0.344 e. The van der Waals surface area contributed by atoms with Gasteiger partial charge in [0.2, 0.25) is 5.91 Å². The van der Waals surface area contributed by atoms with E-state index in [0.29, 0.717) is 33.7 Å². The molecule has 0 fully saturated rings. The fourth-order valence-electron chi connectivity index (χ4n) is 2.70. The zero-order chi connectivity index (χ0) is 23.1. The number of carbonyl (C=O) groups excluding carboxylic acids is 2. The average molecular weight is 473 g/mol. The summed E-state index contributed by atoms with van der Waals surface area (Å²) in [5.41, 5.74) is 1.00. The Balaban J connectivity index is 1.62. The predicted octanol–water partition coefficient (Wildman–Crippen LogP) is 3.40. The lowest BCUT2D eigenvalue weighted by molar-refractivity contribution is -0.384. The van der Waals surface area contributed by atoms with Crippen LogP contribution in [-0.2, 0) is 17.9 Å². The molecule has 2 amide bonds. The monoisotopic (exact) mass is 472 g/mol. The van der Waals surface area contributed by atoms with Crippen LogP contribution < -0.4 is 10.6 Å². The van der Waals surface area contributed by atoms with E-state index < -0.39 is 4.92 Å². The van der Waals surface area contributed by atoms with Gasteiger partial charge >= 0.3 is 0 Å². The van der Waals surface area contributed by atoms with E-state index in [2.05, 4.69) is 27.4 Å². The summed E-state index contributed by atoms with van der Waals surface area (Å²) in [5, 5.41) is 27.0. The quantitative estimate of drug-likeness (QED) is 0.200. The lowest BCUT2D eigenvalue weighted by Crippen LogP contribution is -2.24. The third-order valence-electron chi connectivity index (χ3n) is 4.30. The molecule has 3 rings (SSSR count). The molecular formula is C20H20N6O4S2. The van der Waals surface area contributed by atoms with E-state index in [0.717, 1.165) is 0 Å². The Bertz CT molecular complexity index is 1140. The number of hydrogen-bond acceptors (Lipinski definition) is 8. The molecule has 0 aliphatic carbocycles. The summed E-state index contributed by atoms with van der Waals surface area (Å²) in [6.45, 7) is 6.07. The first-order valence-corrected chi connectivity index (χ1v) is 11.3. The molecule has 0 saturated heterocycles. The number of non-ortho nitro benzene ring substituents is 1. The number of anilines is 1. The number of hydrogen-bond donors (Lipinski definition) is 2. The topological polar surface area (TPSA) is 132 Å². The van der Waals surface area contributed by atoms with E-state index in [1.54, 1.807) is 35.8 Å². The highest BCUT2D eigenvalue weighted by Gasteiger charge is 2.16. The van der Waals surface area contributed by atoms with Crippen LogP contribution in [0.25, 0.3) is 0 Å². The van der Waals surface area contributed by atoms with Gasteiger partial charge in [0.15, 0.2) is 11.0 Å². The van der Waals surface area contributed by atoms with Crippen molar-refractivity contribution in [2.45, 2.75) is 25.2 Å². The third kappa shape index (κ3) is 5.80. The number of thioether (sulfide) groups is 1. The predicted molar refractivity (Wildman–Crippen MR) is 123 cm³/mol. The smallest absolute Gasteiger partial charge is 0.271 e. The van der Waals surface area contributed by atoms with Crippen molar-refractivity contribution in [3.8, 4) is 0 Å². The van der Waals surface area contributed by atoms with Crippen LogP contribution in [0.2, 0.25) is 0 Å². The molecule has 0 unspecified atom stereocenters. The van der Waals surface area contributed by atoms with Gasteiger partial charge in [0.25, 0.3) is 11.6 Å². The second-order valence-electron chi connectivity index (χ2n) is 6.55. The minimum absolute atomic E-state index is 0.0267. The number of amides is 2. The summed E-state index contributed by atoms with van der Waals surface area (Å²) in [6.07, 6.45) is 1.67. The highest BCUT2D eigenvalue weighted by atomic mass is 32.2. The van der Waals surface area contributed by atoms with E-state index >= 15 is 0 Å². The van der Waals surface area contributed by atoms with E-state index in [1.807, 2.05) is 5.38 Å².